The number of carbonyl (C=O) groups is 1. The number of hydrogen-bond donors (Lipinski definition) is 1. The van der Waals surface area contributed by atoms with Gasteiger partial charge in [-0.25, -0.2) is 0 Å². The minimum atomic E-state index is -0.455. The van der Waals surface area contributed by atoms with E-state index < -0.39 is 5.91 Å². The Bertz CT molecular complexity index is 445. The Morgan fingerprint density at radius 1 is 1.41 bits per heavy atom. The molecule has 2 N–H and O–H groups in total. The number of nitrogens with zero attached hydrogens (tertiary/aromatic N) is 1. The first-order valence-electron chi connectivity index (χ1n) is 5.84. The van der Waals surface area contributed by atoms with Gasteiger partial charge >= 0.3 is 0 Å². The summed E-state index contributed by atoms with van der Waals surface area (Å²) in [5.74, 6) is 0.236. The minimum Gasteiger partial charge on any atom is -0.488 e. The first kappa shape index (κ1) is 11.9. The SMILES string of the molecule is CC(C)(C)c1c(OC2CC2)cncc1C(N)=O. The van der Waals surface area contributed by atoms with Crippen molar-refractivity contribution in [2.24, 2.45) is 5.73 Å². The quantitative estimate of drug-likeness (QED) is 0.870. The van der Waals surface area contributed by atoms with Crippen LogP contribution in [0.25, 0.3) is 0 Å². The van der Waals surface area contributed by atoms with Gasteiger partial charge in [0.2, 0.25) is 0 Å². The molecule has 0 aliphatic heterocycles. The lowest BCUT2D eigenvalue weighted by Gasteiger charge is -2.24. The van der Waals surface area contributed by atoms with Crippen molar-refractivity contribution < 1.29 is 9.53 Å². The van der Waals surface area contributed by atoms with E-state index in [1.807, 2.05) is 20.8 Å². The molecule has 1 aliphatic carbocycles. The fourth-order valence-corrected chi connectivity index (χ4v) is 1.86. The second kappa shape index (κ2) is 4.02. The summed E-state index contributed by atoms with van der Waals surface area (Å²) in [4.78, 5) is 15.5. The number of amides is 1. The lowest BCUT2D eigenvalue weighted by molar-refractivity contribution is 0.0997. The number of primary amides is 1. The summed E-state index contributed by atoms with van der Waals surface area (Å²) >= 11 is 0. The van der Waals surface area contributed by atoms with Crippen LogP contribution < -0.4 is 10.5 Å². The van der Waals surface area contributed by atoms with Crippen molar-refractivity contribution >= 4 is 5.91 Å². The molecule has 1 aliphatic rings. The average molecular weight is 234 g/mol. The van der Waals surface area contributed by atoms with Gasteiger partial charge in [0.05, 0.1) is 17.9 Å². The van der Waals surface area contributed by atoms with Gasteiger partial charge in [0, 0.05) is 11.8 Å². The Balaban J connectivity index is 2.49. The van der Waals surface area contributed by atoms with Crippen molar-refractivity contribution in [1.82, 2.24) is 4.98 Å². The van der Waals surface area contributed by atoms with E-state index in [4.69, 9.17) is 10.5 Å². The molecule has 92 valence electrons. The molecule has 0 radical (unpaired) electrons. The summed E-state index contributed by atoms with van der Waals surface area (Å²) in [5.41, 5.74) is 6.50. The molecule has 0 spiro atoms. The van der Waals surface area contributed by atoms with Gasteiger partial charge < -0.3 is 10.5 Å². The van der Waals surface area contributed by atoms with E-state index in [0.717, 1.165) is 18.4 Å². The predicted molar refractivity (Wildman–Crippen MR) is 65.1 cm³/mol. The van der Waals surface area contributed by atoms with Crippen LogP contribution in [0.1, 0.15) is 49.5 Å². The molecule has 0 saturated heterocycles. The van der Waals surface area contributed by atoms with Gasteiger partial charge in [-0.3, -0.25) is 9.78 Å². The molecule has 0 bridgehead atoms. The second-order valence-electron chi connectivity index (χ2n) is 5.49. The van der Waals surface area contributed by atoms with Crippen LogP contribution in [0, 0.1) is 0 Å². The molecule has 4 heteroatoms. The molecule has 0 atom stereocenters. The molecule has 2 rings (SSSR count). The summed E-state index contributed by atoms with van der Waals surface area (Å²) < 4.78 is 5.80. The van der Waals surface area contributed by atoms with Crippen LogP contribution in [-0.2, 0) is 5.41 Å². The van der Waals surface area contributed by atoms with E-state index in [2.05, 4.69) is 4.98 Å². The molecule has 1 heterocycles. The molecule has 1 aromatic rings. The highest BCUT2D eigenvalue weighted by molar-refractivity contribution is 5.95. The van der Waals surface area contributed by atoms with E-state index >= 15 is 0 Å². The first-order chi connectivity index (χ1) is 7.89. The Morgan fingerprint density at radius 2 is 2.06 bits per heavy atom. The largest absolute Gasteiger partial charge is 0.488 e. The number of ether oxygens (including phenoxy) is 1. The van der Waals surface area contributed by atoms with Crippen LogP contribution in [0.2, 0.25) is 0 Å². The average Bonchev–Trinajstić information content (AvgIpc) is 2.99. The Labute approximate surface area is 101 Å². The van der Waals surface area contributed by atoms with Gasteiger partial charge in [0.25, 0.3) is 5.91 Å². The number of carbonyl (C=O) groups excluding carboxylic acids is 1. The number of nitrogens with two attached hydrogens (primary N) is 1. The molecular formula is C13H18N2O2. The summed E-state index contributed by atoms with van der Waals surface area (Å²) in [6.45, 7) is 6.11. The van der Waals surface area contributed by atoms with Crippen LogP contribution in [0.15, 0.2) is 12.4 Å². The van der Waals surface area contributed by atoms with Crippen molar-refractivity contribution in [2.75, 3.05) is 0 Å². The Morgan fingerprint density at radius 3 is 2.53 bits per heavy atom. The summed E-state index contributed by atoms with van der Waals surface area (Å²) in [6, 6.07) is 0. The molecular weight excluding hydrogens is 216 g/mol. The third-order valence-electron chi connectivity index (χ3n) is 2.74. The lowest BCUT2D eigenvalue weighted by Crippen LogP contribution is -2.23. The van der Waals surface area contributed by atoms with Gasteiger partial charge in [-0.1, -0.05) is 20.8 Å². The third kappa shape index (κ3) is 2.57. The molecule has 4 nitrogen and oxygen atoms in total. The Kier molecular flexibility index (Phi) is 2.81. The zero-order chi connectivity index (χ0) is 12.6. The van der Waals surface area contributed by atoms with E-state index in [1.165, 1.54) is 6.20 Å². The zero-order valence-corrected chi connectivity index (χ0v) is 10.5. The van der Waals surface area contributed by atoms with E-state index in [9.17, 15) is 4.79 Å². The van der Waals surface area contributed by atoms with E-state index in [1.54, 1.807) is 6.20 Å². The number of pyridine rings is 1. The molecule has 0 aromatic carbocycles. The summed E-state index contributed by atoms with van der Waals surface area (Å²) in [5, 5.41) is 0. The normalized spacial score (nSPS) is 15.7. The van der Waals surface area contributed by atoms with Gasteiger partial charge in [-0.05, 0) is 18.3 Å². The maximum atomic E-state index is 11.4. The highest BCUT2D eigenvalue weighted by Crippen LogP contribution is 2.36. The lowest BCUT2D eigenvalue weighted by atomic mass is 9.83. The van der Waals surface area contributed by atoms with Crippen LogP contribution in [-0.4, -0.2) is 17.0 Å². The topological polar surface area (TPSA) is 65.2 Å². The molecule has 1 saturated carbocycles. The second-order valence-corrected chi connectivity index (χ2v) is 5.49. The van der Waals surface area contributed by atoms with Gasteiger partial charge in [0.15, 0.2) is 0 Å². The molecule has 17 heavy (non-hydrogen) atoms. The highest BCUT2D eigenvalue weighted by atomic mass is 16.5. The fourth-order valence-electron chi connectivity index (χ4n) is 1.86. The molecule has 1 fully saturated rings. The van der Waals surface area contributed by atoms with Gasteiger partial charge in [0.1, 0.15) is 5.75 Å². The molecule has 0 unspecified atom stereocenters. The van der Waals surface area contributed by atoms with Crippen LogP contribution in [0.3, 0.4) is 0 Å². The highest BCUT2D eigenvalue weighted by Gasteiger charge is 2.30. The van der Waals surface area contributed by atoms with Gasteiger partial charge in [-0.2, -0.15) is 0 Å². The maximum Gasteiger partial charge on any atom is 0.250 e. The first-order valence-corrected chi connectivity index (χ1v) is 5.84. The fraction of sp³-hybridized carbons (Fsp3) is 0.538. The third-order valence-corrected chi connectivity index (χ3v) is 2.74. The number of rotatable bonds is 3. The standard InChI is InChI=1S/C13H18N2O2/c1-13(2,3)11-9(12(14)16)6-15-7-10(11)17-8-4-5-8/h6-8H,4-5H2,1-3H3,(H2,14,16). The van der Waals surface area contributed by atoms with E-state index in [-0.39, 0.29) is 11.5 Å². The maximum absolute atomic E-state index is 11.4. The molecule has 1 aromatic heterocycles. The van der Waals surface area contributed by atoms with Crippen molar-refractivity contribution in [3.8, 4) is 5.75 Å². The monoisotopic (exact) mass is 234 g/mol. The van der Waals surface area contributed by atoms with Crippen LogP contribution in [0.5, 0.6) is 5.75 Å². The van der Waals surface area contributed by atoms with Gasteiger partial charge in [-0.15, -0.1) is 0 Å². The van der Waals surface area contributed by atoms with Crippen LogP contribution >= 0.6 is 0 Å². The number of aromatic nitrogens is 1. The smallest absolute Gasteiger partial charge is 0.250 e. The van der Waals surface area contributed by atoms with Crippen LogP contribution in [0.4, 0.5) is 0 Å². The Hall–Kier alpha value is -1.58. The zero-order valence-electron chi connectivity index (χ0n) is 10.5. The predicted octanol–water partition coefficient (Wildman–Crippen LogP) is 2.02. The minimum absolute atomic E-state index is 0.197. The van der Waals surface area contributed by atoms with Crippen molar-refractivity contribution in [3.05, 3.63) is 23.5 Å². The van der Waals surface area contributed by atoms with Crippen molar-refractivity contribution in [2.45, 2.75) is 45.1 Å². The number of hydrogen-bond acceptors (Lipinski definition) is 3. The van der Waals surface area contributed by atoms with E-state index in [0.29, 0.717) is 11.3 Å². The summed E-state index contributed by atoms with van der Waals surface area (Å²) in [7, 11) is 0. The summed E-state index contributed by atoms with van der Waals surface area (Å²) in [6.07, 6.45) is 5.61. The van der Waals surface area contributed by atoms with Crippen molar-refractivity contribution in [3.63, 3.8) is 0 Å². The van der Waals surface area contributed by atoms with Crippen molar-refractivity contribution in [1.29, 1.82) is 0 Å². The molecule has 1 amide bonds.